The molecule has 1 aliphatic carbocycles. The van der Waals surface area contributed by atoms with Gasteiger partial charge in [0.15, 0.2) is 0 Å². The van der Waals surface area contributed by atoms with Crippen molar-refractivity contribution in [1.82, 2.24) is 4.57 Å². The van der Waals surface area contributed by atoms with E-state index in [1.54, 1.807) is 11.3 Å². The van der Waals surface area contributed by atoms with Crippen molar-refractivity contribution < 1.29 is 0 Å². The maximum Gasteiger partial charge on any atom is 0.138 e. The van der Waals surface area contributed by atoms with Gasteiger partial charge in [-0.1, -0.05) is 198 Å². The van der Waals surface area contributed by atoms with Gasteiger partial charge in [0.1, 0.15) is 17.7 Å². The Kier molecular flexibility index (Phi) is 18.8. The Balaban J connectivity index is 1.17. The van der Waals surface area contributed by atoms with Gasteiger partial charge < -0.3 is 4.57 Å². The van der Waals surface area contributed by atoms with E-state index in [2.05, 4.69) is 141 Å². The molecule has 0 saturated carbocycles. The molecule has 3 heterocycles. The Labute approximate surface area is 429 Å². The number of aryl methyl sites for hydroxylation is 2. The molecule has 7 aromatic rings. The maximum atomic E-state index is 10.5. The summed E-state index contributed by atoms with van der Waals surface area (Å²) in [6.45, 7) is 9.18. The molecule has 0 saturated heterocycles. The number of fused-ring (bicyclic) bond motifs is 6. The van der Waals surface area contributed by atoms with Gasteiger partial charge in [0.25, 0.3) is 0 Å². The molecular weight excluding hydrogens is 887 g/mol. The molecule has 4 aromatic carbocycles. The summed E-state index contributed by atoms with van der Waals surface area (Å²) < 4.78 is 2.76. The zero-order chi connectivity index (χ0) is 48.7. The van der Waals surface area contributed by atoms with Gasteiger partial charge in [-0.2, -0.15) is 10.5 Å². The van der Waals surface area contributed by atoms with E-state index in [1.807, 2.05) is 11.3 Å². The molecule has 0 aliphatic heterocycles. The highest BCUT2D eigenvalue weighted by molar-refractivity contribution is 7.19. The van der Waals surface area contributed by atoms with Crippen LogP contribution in [0.5, 0.6) is 0 Å². The molecule has 0 bridgehead atoms. The van der Waals surface area contributed by atoms with E-state index >= 15 is 0 Å². The molecule has 0 N–H and O–H groups in total. The van der Waals surface area contributed by atoms with Gasteiger partial charge >= 0.3 is 0 Å². The van der Waals surface area contributed by atoms with Crippen LogP contribution in [0.2, 0.25) is 0 Å². The summed E-state index contributed by atoms with van der Waals surface area (Å²) in [6.07, 6.45) is 30.3. The number of unbranched alkanes of at least 4 members (excludes halogenated alkanes) is 16. The third-order valence-corrected chi connectivity index (χ3v) is 17.4. The quantitative estimate of drug-likeness (QED) is 0.0363. The molecule has 70 heavy (non-hydrogen) atoms. The van der Waals surface area contributed by atoms with Crippen LogP contribution >= 0.6 is 22.7 Å². The first kappa shape index (κ1) is 51.2. The highest BCUT2D eigenvalue weighted by Crippen LogP contribution is 2.50. The Hall–Kier alpha value is -5.20. The second-order valence-corrected chi connectivity index (χ2v) is 22.2. The van der Waals surface area contributed by atoms with Crippen molar-refractivity contribution in [2.24, 2.45) is 0 Å². The fourth-order valence-corrected chi connectivity index (χ4v) is 13.5. The van der Waals surface area contributed by atoms with Crippen LogP contribution in [0, 0.1) is 22.7 Å². The van der Waals surface area contributed by atoms with Gasteiger partial charge in [-0.25, -0.2) is 0 Å². The normalized spacial score (nSPS) is 12.0. The SMILES string of the molecule is CCCCCCCCC(CCCCCCCC)n1c2ccccc2c2ccc(-c3cc(CCCCCC)c(-c4ccc5c(c4)C(=C(C#N)C#N)c4cc(-c6sccc6CCCCCC)ccc4-5)s3)cc21. The second kappa shape index (κ2) is 25.8. The van der Waals surface area contributed by atoms with Crippen molar-refractivity contribution >= 4 is 50.1 Å². The summed E-state index contributed by atoms with van der Waals surface area (Å²) in [5, 5.41) is 25.9. The third kappa shape index (κ3) is 11.8. The van der Waals surface area contributed by atoms with Crippen molar-refractivity contribution in [1.29, 1.82) is 10.5 Å². The zero-order valence-electron chi connectivity index (χ0n) is 42.9. The van der Waals surface area contributed by atoms with Crippen LogP contribution in [-0.4, -0.2) is 4.57 Å². The highest BCUT2D eigenvalue weighted by atomic mass is 32.1. The molecule has 0 fully saturated rings. The smallest absolute Gasteiger partial charge is 0.138 e. The monoisotopic (exact) mass is 964 g/mol. The number of para-hydroxylation sites is 1. The number of rotatable bonds is 28. The lowest BCUT2D eigenvalue weighted by molar-refractivity contribution is 0.410. The second-order valence-electron chi connectivity index (χ2n) is 20.2. The number of thiophene rings is 2. The van der Waals surface area contributed by atoms with Crippen molar-refractivity contribution in [3.8, 4) is 54.6 Å². The molecule has 0 radical (unpaired) electrons. The summed E-state index contributed by atoms with van der Waals surface area (Å²) in [5.74, 6) is 0. The van der Waals surface area contributed by atoms with E-state index in [-0.39, 0.29) is 5.57 Å². The lowest BCUT2D eigenvalue weighted by Crippen LogP contribution is -2.09. The predicted molar refractivity (Wildman–Crippen MR) is 305 cm³/mol. The van der Waals surface area contributed by atoms with Gasteiger partial charge in [-0.15, -0.1) is 22.7 Å². The summed E-state index contributed by atoms with van der Waals surface area (Å²) in [7, 11) is 0. The minimum Gasteiger partial charge on any atom is -0.337 e. The molecule has 8 rings (SSSR count). The van der Waals surface area contributed by atoms with Gasteiger partial charge in [-0.3, -0.25) is 0 Å². The number of aromatic nitrogens is 1. The van der Waals surface area contributed by atoms with E-state index in [1.165, 1.54) is 199 Å². The fraction of sp³-hybridized carbons (Fsp3) is 0.446. The van der Waals surface area contributed by atoms with Gasteiger partial charge in [0.05, 0.1) is 5.52 Å². The third-order valence-electron chi connectivity index (χ3n) is 15.2. The predicted octanol–water partition coefficient (Wildman–Crippen LogP) is 21.0. The standard InChI is InChI=1S/C65H77N3S2/c1-5-9-13-17-19-23-29-53(30-24-20-18-14-10-6-2)68-60-32-26-25-31-56(60)57-38-33-48(43-61(57)68)62-44-49(28-22-16-12-8-4)65(70-62)51-35-37-55-54-36-34-50(64-47(39-40-69-64)27-21-15-11-7-3)41-58(54)63(59(55)42-51)52(45-66)46-67/h25-26,31-44,53H,5-24,27-30H2,1-4H3. The minimum atomic E-state index is 0.182. The number of allylic oxidation sites excluding steroid dienone is 1. The van der Waals surface area contributed by atoms with Gasteiger partial charge in [0.2, 0.25) is 0 Å². The molecule has 3 aromatic heterocycles. The Morgan fingerprint density at radius 2 is 1.01 bits per heavy atom. The summed E-state index contributed by atoms with van der Waals surface area (Å²) >= 11 is 3.71. The van der Waals surface area contributed by atoms with Crippen molar-refractivity contribution in [2.45, 2.75) is 188 Å². The number of hydrogen-bond acceptors (Lipinski definition) is 4. The summed E-state index contributed by atoms with van der Waals surface area (Å²) in [4.78, 5) is 3.91. The molecule has 3 nitrogen and oxygen atoms in total. The van der Waals surface area contributed by atoms with Crippen LogP contribution in [0.4, 0.5) is 0 Å². The fourth-order valence-electron chi connectivity index (χ4n) is 11.3. The lowest BCUT2D eigenvalue weighted by Gasteiger charge is -2.22. The molecule has 0 unspecified atom stereocenters. The molecule has 0 amide bonds. The Bertz CT molecular complexity index is 2910. The van der Waals surface area contributed by atoms with Crippen LogP contribution in [0.15, 0.2) is 102 Å². The number of nitriles is 2. The molecule has 1 aliphatic rings. The minimum absolute atomic E-state index is 0.182. The largest absolute Gasteiger partial charge is 0.337 e. The van der Waals surface area contributed by atoms with E-state index < -0.39 is 0 Å². The molecular formula is C65H77N3S2. The van der Waals surface area contributed by atoms with Crippen LogP contribution in [0.25, 0.3) is 69.8 Å². The van der Waals surface area contributed by atoms with Crippen LogP contribution in [0.1, 0.15) is 197 Å². The van der Waals surface area contributed by atoms with Gasteiger partial charge in [0, 0.05) is 42.5 Å². The first-order valence-corrected chi connectivity index (χ1v) is 29.3. The first-order chi connectivity index (χ1) is 34.5. The highest BCUT2D eigenvalue weighted by Gasteiger charge is 2.29. The zero-order valence-corrected chi connectivity index (χ0v) is 44.6. The molecule has 364 valence electrons. The Morgan fingerprint density at radius 1 is 0.486 bits per heavy atom. The van der Waals surface area contributed by atoms with E-state index in [4.69, 9.17) is 0 Å². The van der Waals surface area contributed by atoms with E-state index in [0.717, 1.165) is 47.1 Å². The first-order valence-electron chi connectivity index (χ1n) is 27.6. The number of benzene rings is 4. The maximum absolute atomic E-state index is 10.5. The van der Waals surface area contributed by atoms with Crippen LogP contribution in [0.3, 0.4) is 0 Å². The van der Waals surface area contributed by atoms with Gasteiger partial charge in [-0.05, 0) is 130 Å². The average molecular weight is 964 g/mol. The average Bonchev–Trinajstić information content (AvgIpc) is 4.18. The topological polar surface area (TPSA) is 52.5 Å². The van der Waals surface area contributed by atoms with E-state index in [9.17, 15) is 10.5 Å². The number of nitrogens with zero attached hydrogens (tertiary/aromatic N) is 3. The van der Waals surface area contributed by atoms with Crippen molar-refractivity contribution in [3.05, 3.63) is 124 Å². The van der Waals surface area contributed by atoms with Crippen LogP contribution < -0.4 is 0 Å². The van der Waals surface area contributed by atoms with Crippen molar-refractivity contribution in [3.63, 3.8) is 0 Å². The summed E-state index contributed by atoms with van der Waals surface area (Å²) in [5.41, 5.74) is 14.3. The van der Waals surface area contributed by atoms with Crippen molar-refractivity contribution in [2.75, 3.05) is 0 Å². The van der Waals surface area contributed by atoms with E-state index in [0.29, 0.717) is 6.04 Å². The molecule has 0 atom stereocenters. The Morgan fingerprint density at radius 3 is 1.63 bits per heavy atom. The lowest BCUT2D eigenvalue weighted by atomic mass is 9.95. The summed E-state index contributed by atoms with van der Waals surface area (Å²) in [6, 6.07) is 39.9. The molecule has 5 heteroatoms. The molecule has 0 spiro atoms. The van der Waals surface area contributed by atoms with Crippen LogP contribution in [-0.2, 0) is 12.8 Å². The number of hydrogen-bond donors (Lipinski definition) is 0.